The molecule has 1 unspecified atom stereocenters. The monoisotopic (exact) mass is 457 g/mol. The predicted molar refractivity (Wildman–Crippen MR) is 117 cm³/mol. The largest absolute Gasteiger partial charge is 0.495 e. The molecule has 3 aromatic rings. The molecule has 2 heterocycles. The van der Waals surface area contributed by atoms with Crippen LogP contribution in [0.25, 0.3) is 0 Å². The van der Waals surface area contributed by atoms with Crippen LogP contribution >= 0.6 is 11.6 Å². The van der Waals surface area contributed by atoms with Crippen LogP contribution < -0.4 is 26.2 Å². The summed E-state index contributed by atoms with van der Waals surface area (Å²) in [6.45, 7) is 0. The number of aromatic amines is 1. The third kappa shape index (κ3) is 4.40. The fraction of sp³-hybridized carbons (Fsp3) is 0.143. The van der Waals surface area contributed by atoms with Crippen LogP contribution in [0.15, 0.2) is 47.3 Å². The van der Waals surface area contributed by atoms with Crippen LogP contribution in [0.2, 0.25) is 5.02 Å². The number of hydrogen-bond donors (Lipinski definition) is 4. The lowest BCUT2D eigenvalue weighted by Crippen LogP contribution is -2.36. The van der Waals surface area contributed by atoms with Crippen molar-refractivity contribution >= 4 is 46.6 Å². The van der Waals surface area contributed by atoms with Crippen molar-refractivity contribution < 1.29 is 18.7 Å². The molecular weight excluding hydrogens is 441 g/mol. The minimum atomic E-state index is -1.08. The molecule has 1 aromatic heterocycles. The standard InChI is InChI=1S/C21H17ClFN5O4/c1-32-15-7-2-10(22)8-14(15)25-19(30)13-9-16(29)26-18-17(13)20(31)28-21(27-18)24-12-5-3-11(23)4-6-12/h2-8,13H,9H2,1H3,(H,25,30)(H3,24,26,27,28,29,31). The number of nitrogens with one attached hydrogen (secondary N) is 4. The van der Waals surface area contributed by atoms with E-state index in [9.17, 15) is 18.8 Å². The molecule has 4 rings (SSSR count). The Kier molecular flexibility index (Phi) is 5.78. The van der Waals surface area contributed by atoms with Crippen LogP contribution in [0.1, 0.15) is 17.9 Å². The number of carbonyl (C=O) groups excluding carboxylic acids is 2. The van der Waals surface area contributed by atoms with Gasteiger partial charge in [0.05, 0.1) is 24.3 Å². The van der Waals surface area contributed by atoms with E-state index in [2.05, 4.69) is 25.9 Å². The maximum atomic E-state index is 13.1. The van der Waals surface area contributed by atoms with E-state index in [0.29, 0.717) is 22.1 Å². The van der Waals surface area contributed by atoms with Crippen molar-refractivity contribution in [1.82, 2.24) is 9.97 Å². The first kappa shape index (κ1) is 21.3. The predicted octanol–water partition coefficient (Wildman–Crippen LogP) is 3.38. The average Bonchev–Trinajstić information content (AvgIpc) is 2.74. The molecule has 32 heavy (non-hydrogen) atoms. The number of aromatic nitrogens is 2. The summed E-state index contributed by atoms with van der Waals surface area (Å²) in [6.07, 6.45) is -0.239. The Morgan fingerprint density at radius 2 is 1.97 bits per heavy atom. The molecule has 1 aliphatic heterocycles. The Bertz CT molecular complexity index is 1260. The highest BCUT2D eigenvalue weighted by atomic mass is 35.5. The highest BCUT2D eigenvalue weighted by Gasteiger charge is 2.35. The lowest BCUT2D eigenvalue weighted by molar-refractivity contribution is -0.123. The van der Waals surface area contributed by atoms with Crippen molar-refractivity contribution in [2.24, 2.45) is 0 Å². The lowest BCUT2D eigenvalue weighted by atomic mass is 9.92. The van der Waals surface area contributed by atoms with Crippen LogP contribution in [0.3, 0.4) is 0 Å². The number of ether oxygens (including phenoxy) is 1. The van der Waals surface area contributed by atoms with Gasteiger partial charge in [-0.2, -0.15) is 4.98 Å². The van der Waals surface area contributed by atoms with Gasteiger partial charge in [0.1, 0.15) is 17.4 Å². The molecular formula is C21H17ClFN5O4. The number of methoxy groups -OCH3 is 1. The van der Waals surface area contributed by atoms with Crippen molar-refractivity contribution in [2.45, 2.75) is 12.3 Å². The molecule has 2 amide bonds. The topological polar surface area (TPSA) is 125 Å². The number of amides is 2. The summed E-state index contributed by atoms with van der Waals surface area (Å²) in [5.41, 5.74) is 0.195. The summed E-state index contributed by atoms with van der Waals surface area (Å²) in [5, 5.41) is 8.38. The zero-order valence-corrected chi connectivity index (χ0v) is 17.4. The number of rotatable bonds is 5. The fourth-order valence-corrected chi connectivity index (χ4v) is 3.49. The second kappa shape index (κ2) is 8.67. The minimum Gasteiger partial charge on any atom is -0.495 e. The fourth-order valence-electron chi connectivity index (χ4n) is 3.32. The van der Waals surface area contributed by atoms with Gasteiger partial charge in [-0.3, -0.25) is 19.4 Å². The first-order chi connectivity index (χ1) is 15.3. The molecule has 0 fully saturated rings. The molecule has 0 saturated heterocycles. The number of halogens is 2. The Morgan fingerprint density at radius 1 is 1.22 bits per heavy atom. The number of anilines is 4. The second-order valence-corrected chi connectivity index (χ2v) is 7.38. The highest BCUT2D eigenvalue weighted by molar-refractivity contribution is 6.31. The zero-order chi connectivity index (χ0) is 22.8. The normalized spacial score (nSPS) is 14.8. The van der Waals surface area contributed by atoms with Gasteiger partial charge in [-0.15, -0.1) is 0 Å². The van der Waals surface area contributed by atoms with Crippen LogP contribution in [0.5, 0.6) is 5.75 Å². The summed E-state index contributed by atoms with van der Waals surface area (Å²) < 4.78 is 18.3. The molecule has 9 nitrogen and oxygen atoms in total. The Morgan fingerprint density at radius 3 is 2.69 bits per heavy atom. The first-order valence-electron chi connectivity index (χ1n) is 9.45. The maximum absolute atomic E-state index is 13.1. The summed E-state index contributed by atoms with van der Waals surface area (Å²) in [4.78, 5) is 44.8. The average molecular weight is 458 g/mol. The third-order valence-corrected chi connectivity index (χ3v) is 5.03. The number of carbonyl (C=O) groups is 2. The summed E-state index contributed by atoms with van der Waals surface area (Å²) in [6, 6.07) is 10.1. The van der Waals surface area contributed by atoms with Gasteiger partial charge in [0, 0.05) is 17.1 Å². The van der Waals surface area contributed by atoms with Crippen molar-refractivity contribution in [3.05, 3.63) is 69.2 Å². The van der Waals surface area contributed by atoms with Crippen LogP contribution in [-0.2, 0) is 9.59 Å². The summed E-state index contributed by atoms with van der Waals surface area (Å²) >= 11 is 6.00. The van der Waals surface area contributed by atoms with E-state index < -0.39 is 29.1 Å². The molecule has 0 aliphatic carbocycles. The van der Waals surface area contributed by atoms with Crippen molar-refractivity contribution in [1.29, 1.82) is 0 Å². The first-order valence-corrected chi connectivity index (χ1v) is 9.83. The van der Waals surface area contributed by atoms with Gasteiger partial charge in [-0.1, -0.05) is 11.6 Å². The Labute approximate surface area is 186 Å². The second-order valence-electron chi connectivity index (χ2n) is 6.95. The van der Waals surface area contributed by atoms with Gasteiger partial charge in [0.15, 0.2) is 0 Å². The molecule has 2 aromatic carbocycles. The number of nitrogens with zero attached hydrogens (tertiary/aromatic N) is 1. The van der Waals surface area contributed by atoms with Crippen molar-refractivity contribution in [3.8, 4) is 5.75 Å². The number of benzene rings is 2. The Hall–Kier alpha value is -3.92. The lowest BCUT2D eigenvalue weighted by Gasteiger charge is -2.24. The minimum absolute atomic E-state index is 0.0211. The van der Waals surface area contributed by atoms with E-state index in [1.807, 2.05) is 0 Å². The van der Waals surface area contributed by atoms with E-state index in [1.165, 1.54) is 37.4 Å². The summed E-state index contributed by atoms with van der Waals surface area (Å²) in [5.74, 6) is -2.20. The molecule has 0 saturated carbocycles. The van der Waals surface area contributed by atoms with Gasteiger partial charge >= 0.3 is 0 Å². The SMILES string of the molecule is COc1ccc(Cl)cc1NC(=O)C1CC(=O)Nc2nc(Nc3ccc(F)cc3)[nH]c(=O)c21. The molecule has 1 aliphatic rings. The van der Waals surface area contributed by atoms with Crippen LogP contribution in [0, 0.1) is 5.82 Å². The van der Waals surface area contributed by atoms with Gasteiger partial charge in [0.25, 0.3) is 5.56 Å². The maximum Gasteiger partial charge on any atom is 0.258 e. The van der Waals surface area contributed by atoms with Gasteiger partial charge in [-0.25, -0.2) is 4.39 Å². The quantitative estimate of drug-likeness (QED) is 0.465. The molecule has 0 bridgehead atoms. The van der Waals surface area contributed by atoms with Gasteiger partial charge in [0.2, 0.25) is 17.8 Å². The van der Waals surface area contributed by atoms with Crippen LogP contribution in [-0.4, -0.2) is 28.9 Å². The van der Waals surface area contributed by atoms with Crippen molar-refractivity contribution in [3.63, 3.8) is 0 Å². The molecule has 11 heteroatoms. The smallest absolute Gasteiger partial charge is 0.258 e. The molecule has 164 valence electrons. The van der Waals surface area contributed by atoms with Gasteiger partial charge in [-0.05, 0) is 42.5 Å². The summed E-state index contributed by atoms with van der Waals surface area (Å²) in [7, 11) is 1.44. The molecule has 4 N–H and O–H groups in total. The highest BCUT2D eigenvalue weighted by Crippen LogP contribution is 2.33. The van der Waals surface area contributed by atoms with E-state index in [-0.39, 0.29) is 23.8 Å². The molecule has 1 atom stereocenters. The van der Waals surface area contributed by atoms with Crippen LogP contribution in [0.4, 0.5) is 27.5 Å². The molecule has 0 spiro atoms. The number of hydrogen-bond acceptors (Lipinski definition) is 6. The third-order valence-electron chi connectivity index (χ3n) is 4.79. The van der Waals surface area contributed by atoms with Crippen molar-refractivity contribution in [2.75, 3.05) is 23.1 Å². The van der Waals surface area contributed by atoms with E-state index >= 15 is 0 Å². The van der Waals surface area contributed by atoms with Gasteiger partial charge < -0.3 is 20.7 Å². The van der Waals surface area contributed by atoms with E-state index in [0.717, 1.165) is 0 Å². The zero-order valence-electron chi connectivity index (χ0n) is 16.7. The number of fused-ring (bicyclic) bond motifs is 1. The molecule has 0 radical (unpaired) electrons. The van der Waals surface area contributed by atoms with E-state index in [1.54, 1.807) is 12.1 Å². The Balaban J connectivity index is 1.65. The number of H-pyrrole nitrogens is 1. The van der Waals surface area contributed by atoms with E-state index in [4.69, 9.17) is 16.3 Å².